The highest BCUT2D eigenvalue weighted by Gasteiger charge is 2.29. The molecular weight excluding hydrogens is 630 g/mol. The van der Waals surface area contributed by atoms with Gasteiger partial charge in [0.05, 0.1) is 60.2 Å². The van der Waals surface area contributed by atoms with E-state index in [9.17, 15) is 18.4 Å². The summed E-state index contributed by atoms with van der Waals surface area (Å²) in [6.45, 7) is -1.16. The molecule has 14 heteroatoms. The Bertz CT molecular complexity index is 2040. The van der Waals surface area contributed by atoms with Crippen LogP contribution in [0.25, 0.3) is 28.1 Å². The van der Waals surface area contributed by atoms with Crippen LogP contribution in [0, 0.1) is 5.92 Å². The third kappa shape index (κ3) is 5.91. The van der Waals surface area contributed by atoms with Crippen LogP contribution < -0.4 is 15.6 Å². The van der Waals surface area contributed by atoms with E-state index in [-0.39, 0.29) is 22.8 Å². The van der Waals surface area contributed by atoms with Gasteiger partial charge in [-0.1, -0.05) is 30.2 Å². The summed E-state index contributed by atoms with van der Waals surface area (Å²) in [7, 11) is 1.52. The van der Waals surface area contributed by atoms with Crippen LogP contribution in [-0.2, 0) is 4.79 Å². The van der Waals surface area contributed by atoms with Crippen LogP contribution in [0.3, 0.4) is 0 Å². The lowest BCUT2D eigenvalue weighted by atomic mass is 9.96. The van der Waals surface area contributed by atoms with Gasteiger partial charge in [0.15, 0.2) is 0 Å². The number of hydrogen-bond donors (Lipinski definition) is 1. The number of pyridine rings is 2. The van der Waals surface area contributed by atoms with Crippen LogP contribution in [0.2, 0.25) is 5.02 Å². The second kappa shape index (κ2) is 12.4. The number of nitrogens with zero attached hydrogens (tertiary/aromatic N) is 7. The monoisotopic (exact) mass is 660 g/mol. The molecule has 11 nitrogen and oxygen atoms in total. The van der Waals surface area contributed by atoms with E-state index in [0.29, 0.717) is 68.7 Å². The average Bonchev–Trinajstić information content (AvgIpc) is 3.64. The molecule has 1 aliphatic heterocycles. The minimum atomic E-state index is -2.94. The second-order valence-electron chi connectivity index (χ2n) is 12.0. The molecule has 2 atom stereocenters. The Morgan fingerprint density at radius 3 is 2.62 bits per heavy atom. The first kappa shape index (κ1) is 30.7. The maximum atomic E-state index is 14.0. The highest BCUT2D eigenvalue weighted by Crippen LogP contribution is 2.41. The van der Waals surface area contributed by atoms with E-state index >= 15 is 0 Å². The van der Waals surface area contributed by atoms with Crippen LogP contribution in [0.5, 0.6) is 5.75 Å². The molecule has 1 amide bonds. The Labute approximate surface area is 273 Å². The molecule has 47 heavy (non-hydrogen) atoms. The van der Waals surface area contributed by atoms with Crippen molar-refractivity contribution in [2.75, 3.05) is 12.4 Å². The topological polar surface area (TPSA) is 122 Å². The van der Waals surface area contributed by atoms with Crippen LogP contribution in [0.4, 0.5) is 14.5 Å². The largest absolute Gasteiger partial charge is 0.495 e. The van der Waals surface area contributed by atoms with Crippen molar-refractivity contribution in [3.8, 4) is 33.8 Å². The van der Waals surface area contributed by atoms with Gasteiger partial charge in [0.25, 0.3) is 5.56 Å². The molecular formula is C33H31ClF2N8O3. The molecule has 0 spiro atoms. The summed E-state index contributed by atoms with van der Waals surface area (Å²) in [6.07, 6.45) is 9.95. The van der Waals surface area contributed by atoms with E-state index in [1.807, 2.05) is 12.3 Å². The molecule has 0 radical (unpaired) electrons. The van der Waals surface area contributed by atoms with E-state index in [1.54, 1.807) is 46.6 Å². The van der Waals surface area contributed by atoms with Crippen molar-refractivity contribution < 1.29 is 18.3 Å². The zero-order valence-corrected chi connectivity index (χ0v) is 26.4. The minimum Gasteiger partial charge on any atom is -0.495 e. The molecule has 1 aliphatic carbocycles. The summed E-state index contributed by atoms with van der Waals surface area (Å²) < 4.78 is 37.7. The fourth-order valence-electron chi connectivity index (χ4n) is 6.13. The molecule has 1 saturated carbocycles. The maximum absolute atomic E-state index is 14.0. The van der Waals surface area contributed by atoms with Gasteiger partial charge in [0.1, 0.15) is 5.75 Å². The number of fused-ring (bicyclic) bond motifs is 4. The van der Waals surface area contributed by atoms with Crippen molar-refractivity contribution in [1.82, 2.24) is 34.3 Å². The number of carbonyl (C=O) groups excluding carboxylic acids is 1. The lowest BCUT2D eigenvalue weighted by molar-refractivity contribution is -0.119. The fraction of sp³-hybridized carbons (Fsp3) is 0.333. The Morgan fingerprint density at radius 1 is 1.02 bits per heavy atom. The Hall–Kier alpha value is -4.91. The summed E-state index contributed by atoms with van der Waals surface area (Å²) in [4.78, 5) is 31.6. The number of alkyl halides is 2. The minimum absolute atomic E-state index is 0.0511. The van der Waals surface area contributed by atoms with Crippen molar-refractivity contribution in [2.24, 2.45) is 5.92 Å². The van der Waals surface area contributed by atoms with Gasteiger partial charge >= 0.3 is 6.55 Å². The van der Waals surface area contributed by atoms with Gasteiger partial charge < -0.3 is 14.6 Å². The number of nitrogens with one attached hydrogen (secondary N) is 1. The van der Waals surface area contributed by atoms with Crippen molar-refractivity contribution in [3.05, 3.63) is 87.9 Å². The molecule has 7 rings (SSSR count). The molecule has 1 N–H and O–H groups in total. The maximum Gasteiger partial charge on any atom is 0.333 e. The Kier molecular flexibility index (Phi) is 8.08. The van der Waals surface area contributed by atoms with Crippen LogP contribution in [-0.4, -0.2) is 47.3 Å². The predicted molar refractivity (Wildman–Crippen MR) is 171 cm³/mol. The zero-order valence-electron chi connectivity index (χ0n) is 25.6. The van der Waals surface area contributed by atoms with Crippen molar-refractivity contribution in [2.45, 2.75) is 57.5 Å². The van der Waals surface area contributed by atoms with Crippen molar-refractivity contribution in [3.63, 3.8) is 0 Å². The molecule has 242 valence electrons. The number of rotatable bonds is 6. The number of benzene rings is 1. The third-order valence-corrected chi connectivity index (χ3v) is 9.03. The highest BCUT2D eigenvalue weighted by molar-refractivity contribution is 6.31. The predicted octanol–water partition coefficient (Wildman–Crippen LogP) is 6.64. The third-order valence-electron chi connectivity index (χ3n) is 8.80. The number of carbonyl (C=O) groups is 1. The first-order valence-electron chi connectivity index (χ1n) is 15.4. The first-order chi connectivity index (χ1) is 22.7. The molecule has 5 aromatic rings. The van der Waals surface area contributed by atoms with Crippen LogP contribution >= 0.6 is 11.6 Å². The van der Waals surface area contributed by atoms with Crippen molar-refractivity contribution in [1.29, 1.82) is 0 Å². The normalized spacial score (nSPS) is 18.3. The number of halogens is 3. The van der Waals surface area contributed by atoms with Gasteiger partial charge in [-0.2, -0.15) is 13.9 Å². The lowest BCUT2D eigenvalue weighted by Gasteiger charge is -2.24. The number of aromatic nitrogens is 7. The fourth-order valence-corrected chi connectivity index (χ4v) is 6.30. The Morgan fingerprint density at radius 2 is 1.85 bits per heavy atom. The summed E-state index contributed by atoms with van der Waals surface area (Å²) in [6, 6.07) is 9.47. The number of hydrogen-bond acceptors (Lipinski definition) is 7. The van der Waals surface area contributed by atoms with Gasteiger partial charge in [0, 0.05) is 45.8 Å². The molecule has 0 saturated heterocycles. The summed E-state index contributed by atoms with van der Waals surface area (Å²) in [5.74, 6) is 0.0967. The first-order valence-corrected chi connectivity index (χ1v) is 15.7. The smallest absolute Gasteiger partial charge is 0.333 e. The van der Waals surface area contributed by atoms with E-state index < -0.39 is 18.5 Å². The van der Waals surface area contributed by atoms with E-state index in [1.165, 1.54) is 25.6 Å². The van der Waals surface area contributed by atoms with Crippen LogP contribution in [0.15, 0.2) is 66.0 Å². The second-order valence-corrected chi connectivity index (χ2v) is 12.4. The van der Waals surface area contributed by atoms with Crippen molar-refractivity contribution >= 4 is 23.2 Å². The SMILES string of the molecule is COc1cn(C2CCCC(C)C(=O)Nc3cnn(C(F)F)c3-c3ccnc2c3)c(=O)cc1-c1cc(Cl)ccc1-n1cc(C2CC2)nn1. The van der Waals surface area contributed by atoms with Gasteiger partial charge in [-0.3, -0.25) is 14.6 Å². The molecule has 5 heterocycles. The van der Waals surface area contributed by atoms with E-state index in [2.05, 4.69) is 25.7 Å². The molecule has 2 aliphatic rings. The molecule has 4 aromatic heterocycles. The van der Waals surface area contributed by atoms with E-state index in [4.69, 9.17) is 16.3 Å². The quantitative estimate of drug-likeness (QED) is 0.217. The zero-order chi connectivity index (χ0) is 32.8. The summed E-state index contributed by atoms with van der Waals surface area (Å²) in [5, 5.41) is 15.8. The number of amides is 1. The molecule has 2 unspecified atom stereocenters. The van der Waals surface area contributed by atoms with Gasteiger partial charge in [-0.25, -0.2) is 9.36 Å². The van der Waals surface area contributed by atoms with Gasteiger partial charge in [-0.05, 0) is 56.0 Å². The molecule has 1 fully saturated rings. The molecule has 1 aromatic carbocycles. The number of methoxy groups -OCH3 is 1. The van der Waals surface area contributed by atoms with Crippen LogP contribution in [0.1, 0.15) is 68.9 Å². The summed E-state index contributed by atoms with van der Waals surface area (Å²) >= 11 is 6.45. The number of ether oxygens (including phenoxy) is 1. The van der Waals surface area contributed by atoms with Gasteiger partial charge in [-0.15, -0.1) is 5.10 Å². The summed E-state index contributed by atoms with van der Waals surface area (Å²) in [5.41, 5.74) is 3.51. The Balaban J connectivity index is 1.35. The standard InChI is InChI=1S/C33H31ClF2N8O3/c1-18-4-3-5-28(24-12-20(10-11-37-24)31-25(39-32(18)46)15-38-44(31)33(35)36)42-17-29(47-2)23(14-30(42)45)22-13-21(34)8-9-27(22)43-16-26(40-41-43)19-6-7-19/h8-19,28,33H,3-7H2,1-2H3,(H,39,46). The number of anilines is 1. The highest BCUT2D eigenvalue weighted by atomic mass is 35.5. The lowest BCUT2D eigenvalue weighted by Crippen LogP contribution is -2.27. The average molecular weight is 661 g/mol. The van der Waals surface area contributed by atoms with E-state index in [0.717, 1.165) is 18.5 Å². The molecule has 2 bridgehead atoms. The van der Waals surface area contributed by atoms with Gasteiger partial charge in [0.2, 0.25) is 5.91 Å².